The summed E-state index contributed by atoms with van der Waals surface area (Å²) in [5.41, 5.74) is -4.61. The van der Waals surface area contributed by atoms with Crippen molar-refractivity contribution in [2.45, 2.75) is 115 Å². The number of hydrogen-bond donors (Lipinski definition) is 0. The molecule has 1 aromatic rings. The van der Waals surface area contributed by atoms with Gasteiger partial charge in [0, 0.05) is 6.07 Å². The molecular weight excluding hydrogens is 1040 g/mol. The fourth-order valence-electron chi connectivity index (χ4n) is 4.34. The lowest BCUT2D eigenvalue weighted by Crippen LogP contribution is -2.79. The van der Waals surface area contributed by atoms with Crippen LogP contribution in [0.5, 0.6) is 5.75 Å². The van der Waals surface area contributed by atoms with E-state index in [9.17, 15) is 161 Å². The van der Waals surface area contributed by atoms with Crippen LogP contribution >= 0.6 is 0 Å². The van der Waals surface area contributed by atoms with Crippen molar-refractivity contribution >= 4 is 17.5 Å². The molecule has 0 aliphatic carbocycles. The monoisotopic (exact) mass is 1050 g/mol. The molecule has 0 fully saturated rings. The van der Waals surface area contributed by atoms with Crippen LogP contribution < -0.4 is 4.74 Å². The van der Waals surface area contributed by atoms with E-state index in [1.807, 2.05) is 0 Å². The Bertz CT molecular complexity index is 2030. The molecule has 0 radical (unpaired) electrons. The lowest BCUT2D eigenvalue weighted by Gasteiger charge is -2.46. The van der Waals surface area contributed by atoms with Crippen LogP contribution in [0, 0.1) is 20.2 Å². The van der Waals surface area contributed by atoms with E-state index in [0.29, 0.717) is 0 Å². The lowest BCUT2D eigenvalue weighted by atomic mass is 9.83. The Kier molecular flexibility index (Phi) is 14.5. The summed E-state index contributed by atoms with van der Waals surface area (Å²) in [6.45, 7) is 2.30. The SMILES string of the molecule is CCC(C)c1cc(OC(=O)OC(F)(F)C(F)(F)C(F)(F)C(F)(F)C(F)(F)C(F)(F)C(F)(F)C(F)(F)C(F)(F)C(F)(F)C(F)(F)C(F)(F)C(F)(F)C(F)(F)C(F)(F)F)c([N+](=O)[O-])c([N+](=O)[O-])c1. The van der Waals surface area contributed by atoms with Gasteiger partial charge in [-0.2, -0.15) is 136 Å². The van der Waals surface area contributed by atoms with Gasteiger partial charge in [0.1, 0.15) is 0 Å². The molecule has 0 saturated heterocycles. The van der Waals surface area contributed by atoms with Gasteiger partial charge in [0.05, 0.1) is 9.85 Å². The highest BCUT2D eigenvalue weighted by atomic mass is 19.4. The van der Waals surface area contributed by atoms with Gasteiger partial charge in [-0.25, -0.2) is 4.79 Å². The molecule has 0 aliphatic heterocycles. The molecule has 0 heterocycles. The minimum atomic E-state index is -10.3. The number of nitro groups is 2. The van der Waals surface area contributed by atoms with Crippen molar-refractivity contribution in [2.75, 3.05) is 0 Å². The smallest absolute Gasteiger partial charge is 0.387 e. The van der Waals surface area contributed by atoms with Gasteiger partial charge < -0.3 is 9.47 Å². The van der Waals surface area contributed by atoms with E-state index >= 15 is 0 Å². The maximum Gasteiger partial charge on any atom is 0.518 e. The van der Waals surface area contributed by atoms with Crippen LogP contribution in [0.2, 0.25) is 0 Å². The second-order valence-corrected chi connectivity index (χ2v) is 12.6. The number of ether oxygens (including phenoxy) is 2. The van der Waals surface area contributed by atoms with Crippen molar-refractivity contribution in [1.29, 1.82) is 0 Å². The van der Waals surface area contributed by atoms with E-state index in [2.05, 4.69) is 9.47 Å². The summed E-state index contributed by atoms with van der Waals surface area (Å²) in [7, 11) is 0. The third-order valence-corrected chi connectivity index (χ3v) is 8.50. The molecule has 40 heteroatoms. The van der Waals surface area contributed by atoms with Gasteiger partial charge in [0.2, 0.25) is 5.75 Å². The van der Waals surface area contributed by atoms with Crippen molar-refractivity contribution in [3.63, 3.8) is 0 Å². The molecule has 0 aliphatic rings. The molecule has 0 amide bonds. The van der Waals surface area contributed by atoms with Crippen LogP contribution in [0.15, 0.2) is 12.1 Å². The average molecular weight is 1050 g/mol. The average Bonchev–Trinajstić information content (AvgIpc) is 3.11. The van der Waals surface area contributed by atoms with E-state index in [0.717, 1.165) is 6.92 Å². The number of hydrogen-bond acceptors (Lipinski definition) is 7. The number of halogens is 31. The maximum atomic E-state index is 14.3. The zero-order valence-corrected chi connectivity index (χ0v) is 29.9. The van der Waals surface area contributed by atoms with Gasteiger partial charge in [-0.1, -0.05) is 13.8 Å². The quantitative estimate of drug-likeness (QED) is 0.0445. The van der Waals surface area contributed by atoms with Gasteiger partial charge in [-0.3, -0.25) is 20.2 Å². The highest BCUT2D eigenvalue weighted by molar-refractivity contribution is 5.71. The Morgan fingerprint density at radius 1 is 0.485 bits per heavy atom. The van der Waals surface area contributed by atoms with Gasteiger partial charge >= 0.3 is 107 Å². The molecule has 384 valence electrons. The predicted octanol–water partition coefficient (Wildman–Crippen LogP) is 12.9. The van der Waals surface area contributed by atoms with E-state index in [1.165, 1.54) is 6.92 Å². The van der Waals surface area contributed by atoms with E-state index < -0.39 is 134 Å². The number of rotatable bonds is 19. The maximum absolute atomic E-state index is 14.3. The topological polar surface area (TPSA) is 122 Å². The number of alkyl halides is 31. The summed E-state index contributed by atoms with van der Waals surface area (Å²) in [4.78, 5) is 30.7. The summed E-state index contributed by atoms with van der Waals surface area (Å²) in [5, 5.41) is 22.6. The molecule has 1 atom stereocenters. The fraction of sp³-hybridized carbons (Fsp3) is 0.731. The molecular formula is C26H11F31N2O7. The zero-order chi connectivity index (χ0) is 53.7. The molecule has 66 heavy (non-hydrogen) atoms. The molecule has 1 unspecified atom stereocenters. The van der Waals surface area contributed by atoms with Gasteiger partial charge in [0.15, 0.2) is 0 Å². The zero-order valence-electron chi connectivity index (χ0n) is 29.9. The highest BCUT2D eigenvalue weighted by Crippen LogP contribution is 2.69. The van der Waals surface area contributed by atoms with Crippen molar-refractivity contribution in [1.82, 2.24) is 0 Å². The number of carbonyl (C=O) groups excluding carboxylic acids is 1. The predicted molar refractivity (Wildman–Crippen MR) is 141 cm³/mol. The summed E-state index contributed by atoms with van der Waals surface area (Å²) in [6, 6.07) is 0.325. The summed E-state index contributed by atoms with van der Waals surface area (Å²) >= 11 is 0. The van der Waals surface area contributed by atoms with Crippen molar-refractivity contribution in [3.8, 4) is 5.75 Å². The number of nitro benzene ring substituents is 2. The Labute approximate surface area is 338 Å². The molecule has 1 aromatic carbocycles. The van der Waals surface area contributed by atoms with Crippen LogP contribution in [0.25, 0.3) is 0 Å². The first-order chi connectivity index (χ1) is 28.5. The van der Waals surface area contributed by atoms with Crippen LogP contribution in [0.4, 0.5) is 152 Å². The molecule has 0 saturated carbocycles. The summed E-state index contributed by atoms with van der Waals surface area (Å²) < 4.78 is 432. The molecule has 1 rings (SSSR count). The van der Waals surface area contributed by atoms with E-state index in [1.54, 1.807) is 0 Å². The van der Waals surface area contributed by atoms with Crippen LogP contribution in [-0.4, -0.2) is 105 Å². The second-order valence-electron chi connectivity index (χ2n) is 12.6. The van der Waals surface area contributed by atoms with Crippen molar-refractivity contribution in [3.05, 3.63) is 37.9 Å². The molecule has 9 nitrogen and oxygen atoms in total. The van der Waals surface area contributed by atoms with Crippen LogP contribution in [0.1, 0.15) is 31.7 Å². The number of nitrogens with zero attached hydrogens (tertiary/aromatic N) is 2. The molecule has 0 spiro atoms. The Morgan fingerprint density at radius 2 is 0.758 bits per heavy atom. The molecule has 0 bridgehead atoms. The van der Waals surface area contributed by atoms with Gasteiger partial charge in [0.25, 0.3) is 0 Å². The summed E-state index contributed by atoms with van der Waals surface area (Å²) in [5.74, 6) is -131. The van der Waals surface area contributed by atoms with Gasteiger partial charge in [-0.15, -0.1) is 0 Å². The van der Waals surface area contributed by atoms with Crippen molar-refractivity contribution < 1.29 is 160 Å². The normalized spacial score (nSPS) is 16.0. The molecule has 0 N–H and O–H groups in total. The first-order valence-electron chi connectivity index (χ1n) is 15.2. The first-order valence-corrected chi connectivity index (χ1v) is 15.2. The third-order valence-electron chi connectivity index (χ3n) is 8.50. The minimum Gasteiger partial charge on any atom is -0.387 e. The van der Waals surface area contributed by atoms with E-state index in [4.69, 9.17) is 0 Å². The van der Waals surface area contributed by atoms with E-state index in [-0.39, 0.29) is 18.6 Å². The van der Waals surface area contributed by atoms with Crippen molar-refractivity contribution in [2.24, 2.45) is 0 Å². The second kappa shape index (κ2) is 16.1. The van der Waals surface area contributed by atoms with Crippen LogP contribution in [0.3, 0.4) is 0 Å². The highest BCUT2D eigenvalue weighted by Gasteiger charge is 3.01. The molecule has 0 aromatic heterocycles. The Balaban J connectivity index is 3.96. The van der Waals surface area contributed by atoms with Gasteiger partial charge in [-0.05, 0) is 24.0 Å². The minimum absolute atomic E-state index is 0.0476. The standard InChI is InChI=1S/C26H11F31N2O7/c1-3-6(2)7-4-8(58(61)62)10(59(63)64)9(5-7)65-11(60)66-26(56,57)24(51,52)22(47,48)20(43,44)18(39,40)16(35,36)14(31,32)12(27,28)13(29,30)15(33,34)17(37,38)19(41,42)21(45,46)23(49,50)25(53,54)55/h4-6H,3H2,1-2H3. The Hall–Kier alpha value is -4.88. The summed E-state index contributed by atoms with van der Waals surface area (Å²) in [6.07, 6.45) is -20.7. The fourth-order valence-corrected chi connectivity index (χ4v) is 4.34. The largest absolute Gasteiger partial charge is 0.518 e. The Morgan fingerprint density at radius 3 is 1.00 bits per heavy atom. The third kappa shape index (κ3) is 7.79. The van der Waals surface area contributed by atoms with Crippen LogP contribution in [-0.2, 0) is 4.74 Å². The first kappa shape index (κ1) is 59.1. The number of benzene rings is 1. The lowest BCUT2D eigenvalue weighted by molar-refractivity contribution is -0.492. The number of carbonyl (C=O) groups is 1.